The average molecular weight is 356 g/mol. The zero-order valence-corrected chi connectivity index (χ0v) is 14.8. The van der Waals surface area contributed by atoms with E-state index in [1.807, 2.05) is 24.3 Å². The summed E-state index contributed by atoms with van der Waals surface area (Å²) < 4.78 is 12.7. The minimum atomic E-state index is 0.276. The largest absolute Gasteiger partial charge is 0.454 e. The highest BCUT2D eigenvalue weighted by Gasteiger charge is 2.21. The Balaban J connectivity index is 1.60. The second-order valence-electron chi connectivity index (χ2n) is 6.15. The van der Waals surface area contributed by atoms with Crippen molar-refractivity contribution in [3.63, 3.8) is 0 Å². The van der Waals surface area contributed by atoms with Gasteiger partial charge in [0, 0.05) is 15.1 Å². The van der Waals surface area contributed by atoms with Gasteiger partial charge in [0.05, 0.1) is 0 Å². The zero-order chi connectivity index (χ0) is 17.3. The minimum Gasteiger partial charge on any atom is -0.454 e. The number of fused-ring (bicyclic) bond motifs is 2. The quantitative estimate of drug-likeness (QED) is 0.419. The normalized spacial score (nSPS) is 12.9. The van der Waals surface area contributed by atoms with Crippen molar-refractivity contribution >= 4 is 33.6 Å². The van der Waals surface area contributed by atoms with E-state index in [2.05, 4.69) is 60.7 Å². The number of hydrogen-bond acceptors (Lipinski definition) is 3. The summed E-state index contributed by atoms with van der Waals surface area (Å²) in [4.78, 5) is 1.24. The van der Waals surface area contributed by atoms with Crippen LogP contribution in [0.1, 0.15) is 10.4 Å². The van der Waals surface area contributed by atoms with Gasteiger partial charge in [0.15, 0.2) is 11.5 Å². The average Bonchev–Trinajstić information content (AvgIpc) is 3.32. The first-order chi connectivity index (χ1) is 12.9. The van der Waals surface area contributed by atoms with E-state index in [1.165, 1.54) is 15.0 Å². The number of rotatable bonds is 3. The van der Waals surface area contributed by atoms with E-state index >= 15 is 0 Å². The van der Waals surface area contributed by atoms with Crippen LogP contribution < -0.4 is 9.47 Å². The van der Waals surface area contributed by atoms with E-state index in [1.54, 1.807) is 11.3 Å². The highest BCUT2D eigenvalue weighted by Crippen LogP contribution is 2.44. The molecule has 5 rings (SSSR count). The molecule has 0 unspecified atom stereocenters. The van der Waals surface area contributed by atoms with Crippen LogP contribution in [0.2, 0.25) is 0 Å². The Bertz CT molecular complexity index is 1080. The summed E-state index contributed by atoms with van der Waals surface area (Å²) in [7, 11) is 0. The van der Waals surface area contributed by atoms with E-state index in [0.29, 0.717) is 0 Å². The van der Waals surface area contributed by atoms with Gasteiger partial charge in [0.2, 0.25) is 6.79 Å². The number of hydrogen-bond donors (Lipinski definition) is 0. The molecule has 0 atom stereocenters. The van der Waals surface area contributed by atoms with Crippen LogP contribution in [0.5, 0.6) is 11.5 Å². The fraction of sp³-hybridized carbons (Fsp3) is 0.0435. The molecule has 0 radical (unpaired) electrons. The summed E-state index contributed by atoms with van der Waals surface area (Å²) in [6, 6.07) is 25.1. The van der Waals surface area contributed by atoms with Crippen molar-refractivity contribution in [1.82, 2.24) is 0 Å². The molecule has 1 aliphatic rings. The maximum Gasteiger partial charge on any atom is 0.231 e. The fourth-order valence-electron chi connectivity index (χ4n) is 3.29. The maximum atomic E-state index is 5.77. The van der Waals surface area contributed by atoms with Crippen molar-refractivity contribution in [1.29, 1.82) is 0 Å². The first kappa shape index (κ1) is 15.2. The van der Waals surface area contributed by atoms with Crippen LogP contribution in [-0.4, -0.2) is 6.79 Å². The van der Waals surface area contributed by atoms with Gasteiger partial charge >= 0.3 is 0 Å². The molecule has 26 heavy (non-hydrogen) atoms. The van der Waals surface area contributed by atoms with Crippen LogP contribution in [0.3, 0.4) is 0 Å². The van der Waals surface area contributed by atoms with Gasteiger partial charge in [-0.2, -0.15) is 0 Å². The third-order valence-corrected chi connectivity index (χ3v) is 5.59. The molecule has 126 valence electrons. The summed E-state index contributed by atoms with van der Waals surface area (Å²) >= 11 is 1.80. The lowest BCUT2D eigenvalue weighted by atomic mass is 9.97. The molecule has 3 aromatic carbocycles. The van der Waals surface area contributed by atoms with E-state index in [9.17, 15) is 0 Å². The molecule has 4 aromatic rings. The van der Waals surface area contributed by atoms with Crippen LogP contribution in [0.4, 0.5) is 0 Å². The van der Waals surface area contributed by atoms with E-state index in [-0.39, 0.29) is 6.79 Å². The van der Waals surface area contributed by atoms with Crippen molar-refractivity contribution < 1.29 is 9.47 Å². The minimum absolute atomic E-state index is 0.276. The second kappa shape index (κ2) is 6.36. The molecule has 1 aliphatic heterocycles. The summed E-state index contributed by atoms with van der Waals surface area (Å²) in [6.07, 6.45) is 4.34. The number of ether oxygens (including phenoxy) is 2. The highest BCUT2D eigenvalue weighted by molar-refractivity contribution is 7.19. The molecule has 1 aromatic heterocycles. The lowest BCUT2D eigenvalue weighted by Crippen LogP contribution is -1.94. The van der Waals surface area contributed by atoms with Gasteiger partial charge < -0.3 is 9.47 Å². The highest BCUT2D eigenvalue weighted by atomic mass is 32.1. The standard InChI is InChI=1S/C23H16O2S/c1-2-6-16(7-3-1)22-17(11-13-20-23(22)25-15-24-20)10-12-19-14-18-8-4-5-9-21(18)26-19/h1-14H,15H2/b12-10+. The molecule has 0 fully saturated rings. The molecule has 0 spiro atoms. The van der Waals surface area contributed by atoms with Crippen LogP contribution in [0.25, 0.3) is 33.4 Å². The van der Waals surface area contributed by atoms with Crippen LogP contribution >= 0.6 is 11.3 Å². The Kier molecular flexibility index (Phi) is 3.72. The summed E-state index contributed by atoms with van der Waals surface area (Å²) in [5.74, 6) is 1.64. The lowest BCUT2D eigenvalue weighted by molar-refractivity contribution is 0.174. The number of thiophene rings is 1. The molecular formula is C23H16O2S. The number of benzene rings is 3. The third-order valence-electron chi connectivity index (χ3n) is 4.51. The summed E-state index contributed by atoms with van der Waals surface area (Å²) in [6.45, 7) is 0.276. The lowest BCUT2D eigenvalue weighted by Gasteiger charge is -2.10. The smallest absolute Gasteiger partial charge is 0.231 e. The second-order valence-corrected chi connectivity index (χ2v) is 7.26. The molecule has 0 amide bonds. The first-order valence-corrected chi connectivity index (χ1v) is 9.35. The monoisotopic (exact) mass is 356 g/mol. The molecule has 0 N–H and O–H groups in total. The molecule has 0 saturated heterocycles. The first-order valence-electron chi connectivity index (χ1n) is 8.53. The molecule has 2 nitrogen and oxygen atoms in total. The molecule has 0 bridgehead atoms. The zero-order valence-electron chi connectivity index (χ0n) is 14.0. The van der Waals surface area contributed by atoms with Crippen LogP contribution in [-0.2, 0) is 0 Å². The summed E-state index contributed by atoms with van der Waals surface area (Å²) in [5.41, 5.74) is 3.33. The topological polar surface area (TPSA) is 18.5 Å². The molecule has 0 aliphatic carbocycles. The molecule has 0 saturated carbocycles. The Hall–Kier alpha value is -3.04. The van der Waals surface area contributed by atoms with Crippen molar-refractivity contribution in [2.24, 2.45) is 0 Å². The molecule has 2 heterocycles. The van der Waals surface area contributed by atoms with Gasteiger partial charge in [-0.15, -0.1) is 11.3 Å². The predicted molar refractivity (Wildman–Crippen MR) is 109 cm³/mol. The summed E-state index contributed by atoms with van der Waals surface area (Å²) in [5, 5.41) is 1.28. The van der Waals surface area contributed by atoms with Gasteiger partial charge in [0.1, 0.15) is 0 Å². The van der Waals surface area contributed by atoms with E-state index in [4.69, 9.17) is 9.47 Å². The molecule has 3 heteroatoms. The predicted octanol–water partition coefficient (Wildman–Crippen LogP) is 6.47. The SMILES string of the molecule is C(=C\c1ccc2c(c1-c1ccccc1)OCO2)/c1cc2ccccc2s1. The van der Waals surface area contributed by atoms with Crippen molar-refractivity contribution in [3.05, 3.63) is 83.2 Å². The van der Waals surface area contributed by atoms with Crippen molar-refractivity contribution in [3.8, 4) is 22.6 Å². The fourth-order valence-corrected chi connectivity index (χ4v) is 4.25. The third kappa shape index (κ3) is 2.67. The Labute approximate surface area is 155 Å². The van der Waals surface area contributed by atoms with Gasteiger partial charge in [-0.1, -0.05) is 60.7 Å². The van der Waals surface area contributed by atoms with Gasteiger partial charge in [-0.25, -0.2) is 0 Å². The van der Waals surface area contributed by atoms with E-state index < -0.39 is 0 Å². The van der Waals surface area contributed by atoms with Crippen molar-refractivity contribution in [2.75, 3.05) is 6.79 Å². The van der Waals surface area contributed by atoms with Crippen LogP contribution in [0.15, 0.2) is 72.8 Å². The Morgan fingerprint density at radius 1 is 0.808 bits per heavy atom. The van der Waals surface area contributed by atoms with E-state index in [0.717, 1.165) is 28.2 Å². The molecular weight excluding hydrogens is 340 g/mol. The Morgan fingerprint density at radius 2 is 1.65 bits per heavy atom. The maximum absolute atomic E-state index is 5.77. The van der Waals surface area contributed by atoms with Crippen LogP contribution in [0, 0.1) is 0 Å². The van der Waals surface area contributed by atoms with Crippen molar-refractivity contribution in [2.45, 2.75) is 0 Å². The van der Waals surface area contributed by atoms with Gasteiger partial charge in [-0.3, -0.25) is 0 Å². The Morgan fingerprint density at radius 3 is 2.54 bits per heavy atom. The van der Waals surface area contributed by atoms with Gasteiger partial charge in [-0.05, 0) is 40.8 Å². The van der Waals surface area contributed by atoms with Gasteiger partial charge in [0.25, 0.3) is 0 Å².